The number of carbonyl (C=O) groups excluding carboxylic acids is 1. The lowest BCUT2D eigenvalue weighted by atomic mass is 9.83. The van der Waals surface area contributed by atoms with Gasteiger partial charge < -0.3 is 19.9 Å². The lowest BCUT2D eigenvalue weighted by molar-refractivity contribution is 0.0740. The molecule has 0 saturated carbocycles. The fourth-order valence-corrected chi connectivity index (χ4v) is 6.85. The van der Waals surface area contributed by atoms with Crippen molar-refractivity contribution in [3.63, 3.8) is 0 Å². The number of fused-ring (bicyclic) bond motifs is 2. The van der Waals surface area contributed by atoms with E-state index in [1.807, 2.05) is 24.3 Å². The number of nitrogens with zero attached hydrogens (tertiary/aromatic N) is 1. The molecule has 0 amide bonds. The molecule has 1 unspecified atom stereocenters. The second kappa shape index (κ2) is 12.0. The Bertz CT molecular complexity index is 1690. The number of thiophene rings is 1. The average Bonchev–Trinajstić information content (AvgIpc) is 3.26. The van der Waals surface area contributed by atoms with E-state index in [0.29, 0.717) is 43.8 Å². The number of hydrogen-bond donors (Lipinski definition) is 1. The van der Waals surface area contributed by atoms with Gasteiger partial charge in [0.25, 0.3) is 0 Å². The predicted octanol–water partition coefficient (Wildman–Crippen LogP) is 8.87. The van der Waals surface area contributed by atoms with Crippen molar-refractivity contribution >= 4 is 62.2 Å². The first-order valence-corrected chi connectivity index (χ1v) is 14.5. The van der Waals surface area contributed by atoms with Gasteiger partial charge in [0.2, 0.25) is 5.88 Å². The third kappa shape index (κ3) is 5.45. The minimum absolute atomic E-state index is 0.0247. The molecule has 0 bridgehead atoms. The van der Waals surface area contributed by atoms with Gasteiger partial charge in [0.15, 0.2) is 0 Å². The summed E-state index contributed by atoms with van der Waals surface area (Å²) >= 11 is 20.0. The van der Waals surface area contributed by atoms with Crippen molar-refractivity contribution in [1.82, 2.24) is 0 Å². The highest BCUT2D eigenvalue weighted by Gasteiger charge is 2.33. The molecule has 1 aliphatic rings. The van der Waals surface area contributed by atoms with Gasteiger partial charge in [-0.05, 0) is 30.7 Å². The van der Waals surface area contributed by atoms with Crippen LogP contribution < -0.4 is 19.9 Å². The molecule has 0 fully saturated rings. The van der Waals surface area contributed by atoms with E-state index in [4.69, 9.17) is 54.7 Å². The number of ether oxygens (including phenoxy) is 3. The maximum Gasteiger partial charge on any atom is 0.355 e. The van der Waals surface area contributed by atoms with Gasteiger partial charge in [-0.2, -0.15) is 5.26 Å². The average molecular weight is 614 g/mol. The van der Waals surface area contributed by atoms with Crippen LogP contribution in [0.15, 0.2) is 66.1 Å². The van der Waals surface area contributed by atoms with E-state index >= 15 is 0 Å². The SMILES string of the molecule is CCCCCOc1ccccc1C1C(C#N)=C(N)Oc2cc(OC(=O)c3sc4cc(Cl)cc(Cl)c4c3Cl)ccc21. The lowest BCUT2D eigenvalue weighted by Gasteiger charge is -2.28. The number of carbonyl (C=O) groups is 1. The van der Waals surface area contributed by atoms with Crippen LogP contribution in [0.5, 0.6) is 17.2 Å². The summed E-state index contributed by atoms with van der Waals surface area (Å²) in [6, 6.07) is 18.0. The highest BCUT2D eigenvalue weighted by Crippen LogP contribution is 2.46. The van der Waals surface area contributed by atoms with E-state index in [0.717, 1.165) is 36.2 Å². The zero-order chi connectivity index (χ0) is 28.4. The highest BCUT2D eigenvalue weighted by molar-refractivity contribution is 7.21. The number of unbranched alkanes of at least 4 members (excludes halogenated alkanes) is 2. The fraction of sp³-hybridized carbons (Fsp3) is 0.200. The van der Waals surface area contributed by atoms with E-state index in [9.17, 15) is 10.1 Å². The third-order valence-electron chi connectivity index (χ3n) is 6.47. The zero-order valence-electron chi connectivity index (χ0n) is 21.3. The molecule has 1 aromatic heterocycles. The molecular formula is C30H23Cl3N2O4S. The Hall–Kier alpha value is -3.41. The van der Waals surface area contributed by atoms with Crippen LogP contribution in [-0.2, 0) is 0 Å². The van der Waals surface area contributed by atoms with Gasteiger partial charge in [0.05, 0.1) is 22.6 Å². The summed E-state index contributed by atoms with van der Waals surface area (Å²) < 4.78 is 18.2. The molecule has 10 heteroatoms. The smallest absolute Gasteiger partial charge is 0.355 e. The molecule has 0 aliphatic carbocycles. The number of esters is 1. The van der Waals surface area contributed by atoms with E-state index in [2.05, 4.69) is 13.0 Å². The molecule has 4 aromatic rings. The van der Waals surface area contributed by atoms with E-state index < -0.39 is 11.9 Å². The van der Waals surface area contributed by atoms with Crippen LogP contribution in [0.4, 0.5) is 0 Å². The first-order chi connectivity index (χ1) is 19.3. The molecule has 2 heterocycles. The molecule has 204 valence electrons. The van der Waals surface area contributed by atoms with Gasteiger partial charge in [0.1, 0.15) is 33.8 Å². The highest BCUT2D eigenvalue weighted by atomic mass is 35.5. The van der Waals surface area contributed by atoms with E-state index in [-0.39, 0.29) is 27.1 Å². The number of rotatable bonds is 8. The first kappa shape index (κ1) is 28.1. The second-order valence-electron chi connectivity index (χ2n) is 9.11. The van der Waals surface area contributed by atoms with Crippen molar-refractivity contribution in [2.24, 2.45) is 5.73 Å². The normalized spacial score (nSPS) is 14.4. The topological polar surface area (TPSA) is 94.6 Å². The fourth-order valence-electron chi connectivity index (χ4n) is 4.60. The maximum absolute atomic E-state index is 13.1. The van der Waals surface area contributed by atoms with Crippen LogP contribution >= 0.6 is 46.1 Å². The Kier molecular flexibility index (Phi) is 8.43. The Morgan fingerprint density at radius 3 is 2.67 bits per heavy atom. The Morgan fingerprint density at radius 1 is 1.10 bits per heavy atom. The molecule has 6 nitrogen and oxygen atoms in total. The van der Waals surface area contributed by atoms with Gasteiger partial charge in [-0.1, -0.05) is 78.8 Å². The molecular weight excluding hydrogens is 591 g/mol. The Balaban J connectivity index is 1.47. The summed E-state index contributed by atoms with van der Waals surface area (Å²) in [4.78, 5) is 13.3. The Labute approximate surface area is 250 Å². The van der Waals surface area contributed by atoms with Crippen LogP contribution in [0.2, 0.25) is 15.1 Å². The van der Waals surface area contributed by atoms with Crippen LogP contribution in [0, 0.1) is 11.3 Å². The van der Waals surface area contributed by atoms with Crippen molar-refractivity contribution in [1.29, 1.82) is 5.26 Å². The number of hydrogen-bond acceptors (Lipinski definition) is 7. The molecule has 0 radical (unpaired) electrons. The largest absolute Gasteiger partial charge is 0.493 e. The minimum atomic E-state index is -0.655. The van der Waals surface area contributed by atoms with Crippen molar-refractivity contribution < 1.29 is 19.0 Å². The van der Waals surface area contributed by atoms with Crippen molar-refractivity contribution in [2.75, 3.05) is 6.61 Å². The van der Waals surface area contributed by atoms with Gasteiger partial charge >= 0.3 is 5.97 Å². The maximum atomic E-state index is 13.1. The summed E-state index contributed by atoms with van der Waals surface area (Å²) in [5, 5.41) is 11.5. The summed E-state index contributed by atoms with van der Waals surface area (Å²) in [7, 11) is 0. The van der Waals surface area contributed by atoms with Crippen LogP contribution in [0.3, 0.4) is 0 Å². The quantitative estimate of drug-likeness (QED) is 0.121. The van der Waals surface area contributed by atoms with Crippen molar-refractivity contribution in [3.05, 3.63) is 97.1 Å². The Morgan fingerprint density at radius 2 is 1.90 bits per heavy atom. The molecule has 0 spiro atoms. The number of halogens is 3. The van der Waals surface area contributed by atoms with E-state index in [1.54, 1.807) is 30.3 Å². The molecule has 2 N–H and O–H groups in total. The molecule has 0 saturated heterocycles. The summed E-state index contributed by atoms with van der Waals surface area (Å²) in [5.74, 6) is 0.0545. The summed E-state index contributed by atoms with van der Waals surface area (Å²) in [6.45, 7) is 2.70. The number of benzene rings is 3. The number of para-hydroxylation sites is 1. The van der Waals surface area contributed by atoms with Crippen LogP contribution in [0.25, 0.3) is 10.1 Å². The van der Waals surface area contributed by atoms with Gasteiger partial charge in [0, 0.05) is 32.3 Å². The molecule has 1 aliphatic heterocycles. The molecule has 40 heavy (non-hydrogen) atoms. The number of allylic oxidation sites excluding steroid dienone is 1. The molecule has 1 atom stereocenters. The predicted molar refractivity (Wildman–Crippen MR) is 159 cm³/mol. The van der Waals surface area contributed by atoms with Gasteiger partial charge in [-0.15, -0.1) is 11.3 Å². The van der Waals surface area contributed by atoms with Gasteiger partial charge in [-0.25, -0.2) is 4.79 Å². The van der Waals surface area contributed by atoms with E-state index in [1.165, 1.54) is 0 Å². The second-order valence-corrected chi connectivity index (χ2v) is 11.4. The molecule has 5 rings (SSSR count). The van der Waals surface area contributed by atoms with Crippen LogP contribution in [-0.4, -0.2) is 12.6 Å². The number of nitrogens with two attached hydrogens (primary N) is 1. The first-order valence-electron chi connectivity index (χ1n) is 12.5. The lowest BCUT2D eigenvalue weighted by Crippen LogP contribution is -2.21. The third-order valence-corrected chi connectivity index (χ3v) is 8.59. The molecule has 3 aromatic carbocycles. The summed E-state index contributed by atoms with van der Waals surface area (Å²) in [5.41, 5.74) is 7.96. The monoisotopic (exact) mass is 612 g/mol. The van der Waals surface area contributed by atoms with Crippen LogP contribution in [0.1, 0.15) is 52.9 Å². The zero-order valence-corrected chi connectivity index (χ0v) is 24.4. The van der Waals surface area contributed by atoms with Gasteiger partial charge in [-0.3, -0.25) is 0 Å². The minimum Gasteiger partial charge on any atom is -0.493 e. The van der Waals surface area contributed by atoms with Crippen molar-refractivity contribution in [3.8, 4) is 23.3 Å². The summed E-state index contributed by atoms with van der Waals surface area (Å²) in [6.07, 6.45) is 3.07. The van der Waals surface area contributed by atoms with Crippen molar-refractivity contribution in [2.45, 2.75) is 32.1 Å². The standard InChI is InChI=1S/C30H23Cl3N2O4S/c1-2-3-6-11-37-22-8-5-4-7-18(22)25-19-10-9-17(14-23(19)39-29(35)20(25)15-34)38-30(36)28-27(33)26-21(32)12-16(31)13-24(26)40-28/h4-5,7-10,12-14,25H,2-3,6,11,35H2,1H3. The number of nitriles is 1.